The molecular formula is C24H28ClNO2. The molecule has 0 bridgehead atoms. The van der Waals surface area contributed by atoms with Gasteiger partial charge in [0.25, 0.3) is 0 Å². The van der Waals surface area contributed by atoms with Crippen LogP contribution in [0, 0.1) is 0 Å². The molecule has 0 aliphatic heterocycles. The fourth-order valence-corrected chi connectivity index (χ4v) is 2.97. The molecule has 3 rings (SSSR count). The number of hydrogen-bond donors (Lipinski definition) is 1. The maximum atomic E-state index is 5.93. The van der Waals surface area contributed by atoms with Crippen molar-refractivity contribution in [3.8, 4) is 11.5 Å². The van der Waals surface area contributed by atoms with Gasteiger partial charge in [-0.3, -0.25) is 0 Å². The summed E-state index contributed by atoms with van der Waals surface area (Å²) >= 11 is 0. The standard InChI is InChI=1S/C24H27NO2.ClH/c1-26-24-18-22(19-25-16-14-20-8-4-2-5-9-20)12-13-23(24)27-17-15-21-10-6-3-7-11-21;/h2-13,18,25H,14-17,19H2,1H3;1H. The van der Waals surface area contributed by atoms with E-state index in [1.165, 1.54) is 16.7 Å². The van der Waals surface area contributed by atoms with Crippen LogP contribution in [0.1, 0.15) is 16.7 Å². The number of halogens is 1. The molecule has 0 atom stereocenters. The largest absolute Gasteiger partial charge is 0.493 e. The predicted octanol–water partition coefficient (Wildman–Crippen LogP) is 5.07. The van der Waals surface area contributed by atoms with E-state index in [1.807, 2.05) is 24.3 Å². The summed E-state index contributed by atoms with van der Waals surface area (Å²) in [7, 11) is 1.69. The topological polar surface area (TPSA) is 30.5 Å². The van der Waals surface area contributed by atoms with Crippen molar-refractivity contribution < 1.29 is 9.47 Å². The van der Waals surface area contributed by atoms with Gasteiger partial charge in [0.15, 0.2) is 11.5 Å². The van der Waals surface area contributed by atoms with Crippen molar-refractivity contribution >= 4 is 12.4 Å². The highest BCUT2D eigenvalue weighted by molar-refractivity contribution is 5.85. The van der Waals surface area contributed by atoms with Crippen molar-refractivity contribution in [2.45, 2.75) is 19.4 Å². The SMILES string of the molecule is COc1cc(CNCCc2ccccc2)ccc1OCCc1ccccc1.Cl. The van der Waals surface area contributed by atoms with Gasteiger partial charge >= 0.3 is 0 Å². The first-order chi connectivity index (χ1) is 13.3. The molecule has 1 N–H and O–H groups in total. The maximum absolute atomic E-state index is 5.93. The molecule has 0 spiro atoms. The molecule has 4 heteroatoms. The first kappa shape index (κ1) is 21.8. The van der Waals surface area contributed by atoms with Gasteiger partial charge in [0, 0.05) is 13.0 Å². The van der Waals surface area contributed by atoms with E-state index < -0.39 is 0 Å². The lowest BCUT2D eigenvalue weighted by Crippen LogP contribution is -2.16. The Morgan fingerprint density at radius 2 is 1.36 bits per heavy atom. The van der Waals surface area contributed by atoms with Crippen LogP contribution in [0.2, 0.25) is 0 Å². The average Bonchev–Trinajstić information content (AvgIpc) is 2.73. The van der Waals surface area contributed by atoms with Crippen LogP contribution in [-0.4, -0.2) is 20.3 Å². The Morgan fingerprint density at radius 1 is 0.714 bits per heavy atom. The zero-order valence-corrected chi connectivity index (χ0v) is 17.1. The molecule has 0 radical (unpaired) electrons. The average molecular weight is 398 g/mol. The molecule has 3 aromatic carbocycles. The molecule has 3 nitrogen and oxygen atoms in total. The van der Waals surface area contributed by atoms with Gasteiger partial charge < -0.3 is 14.8 Å². The second-order valence-electron chi connectivity index (χ2n) is 6.48. The van der Waals surface area contributed by atoms with Crippen LogP contribution in [-0.2, 0) is 19.4 Å². The number of benzene rings is 3. The van der Waals surface area contributed by atoms with Crippen LogP contribution in [0.3, 0.4) is 0 Å². The zero-order chi connectivity index (χ0) is 18.7. The highest BCUT2D eigenvalue weighted by Gasteiger charge is 2.06. The Hall–Kier alpha value is -2.49. The third-order valence-corrected chi connectivity index (χ3v) is 4.48. The monoisotopic (exact) mass is 397 g/mol. The number of ether oxygens (including phenoxy) is 2. The van der Waals surface area contributed by atoms with E-state index in [0.717, 1.165) is 37.4 Å². The second kappa shape index (κ2) is 12.1. The summed E-state index contributed by atoms with van der Waals surface area (Å²) in [5.41, 5.74) is 3.82. The van der Waals surface area contributed by atoms with Crippen LogP contribution in [0.25, 0.3) is 0 Å². The molecule has 0 aliphatic carbocycles. The van der Waals surface area contributed by atoms with Gasteiger partial charge in [-0.05, 0) is 41.8 Å². The normalized spacial score (nSPS) is 10.2. The number of nitrogens with one attached hydrogen (secondary N) is 1. The van der Waals surface area contributed by atoms with Crippen LogP contribution < -0.4 is 14.8 Å². The fourth-order valence-electron chi connectivity index (χ4n) is 2.97. The van der Waals surface area contributed by atoms with Gasteiger partial charge in [0.2, 0.25) is 0 Å². The maximum Gasteiger partial charge on any atom is 0.161 e. The molecule has 0 aromatic heterocycles. The Labute approximate surface area is 174 Å². The molecular weight excluding hydrogens is 370 g/mol. The Bertz CT molecular complexity index is 809. The van der Waals surface area contributed by atoms with Crippen molar-refractivity contribution in [1.82, 2.24) is 5.32 Å². The minimum Gasteiger partial charge on any atom is -0.493 e. The Morgan fingerprint density at radius 3 is 2.00 bits per heavy atom. The first-order valence-electron chi connectivity index (χ1n) is 9.43. The van der Waals surface area contributed by atoms with Crippen LogP contribution in [0.4, 0.5) is 0 Å². The van der Waals surface area contributed by atoms with Gasteiger partial charge in [-0.2, -0.15) is 0 Å². The van der Waals surface area contributed by atoms with Gasteiger partial charge in [0.1, 0.15) is 0 Å². The van der Waals surface area contributed by atoms with Gasteiger partial charge in [-0.25, -0.2) is 0 Å². The van der Waals surface area contributed by atoms with Crippen molar-refractivity contribution in [3.63, 3.8) is 0 Å². The van der Waals surface area contributed by atoms with Crippen molar-refractivity contribution in [2.75, 3.05) is 20.3 Å². The van der Waals surface area contributed by atoms with E-state index >= 15 is 0 Å². The number of rotatable bonds is 10. The lowest BCUT2D eigenvalue weighted by molar-refractivity contribution is 0.297. The van der Waals surface area contributed by atoms with E-state index in [-0.39, 0.29) is 12.4 Å². The van der Waals surface area contributed by atoms with E-state index in [0.29, 0.717) is 6.61 Å². The third kappa shape index (κ3) is 6.91. The summed E-state index contributed by atoms with van der Waals surface area (Å²) in [6.45, 7) is 2.39. The predicted molar refractivity (Wildman–Crippen MR) is 118 cm³/mol. The number of methoxy groups -OCH3 is 1. The highest BCUT2D eigenvalue weighted by Crippen LogP contribution is 2.28. The number of hydrogen-bond acceptors (Lipinski definition) is 3. The molecule has 0 aliphatic rings. The molecule has 0 unspecified atom stereocenters. The summed E-state index contributed by atoms with van der Waals surface area (Å²) in [4.78, 5) is 0. The summed E-state index contributed by atoms with van der Waals surface area (Å²) in [5, 5.41) is 3.49. The molecule has 0 saturated carbocycles. The molecule has 28 heavy (non-hydrogen) atoms. The first-order valence-corrected chi connectivity index (χ1v) is 9.43. The zero-order valence-electron chi connectivity index (χ0n) is 16.3. The van der Waals surface area contributed by atoms with Gasteiger partial charge in [0.05, 0.1) is 13.7 Å². The van der Waals surface area contributed by atoms with Gasteiger partial charge in [-0.15, -0.1) is 12.4 Å². The molecule has 0 saturated heterocycles. The third-order valence-electron chi connectivity index (χ3n) is 4.48. The van der Waals surface area contributed by atoms with E-state index in [4.69, 9.17) is 9.47 Å². The van der Waals surface area contributed by atoms with Gasteiger partial charge in [-0.1, -0.05) is 66.7 Å². The summed E-state index contributed by atoms with van der Waals surface area (Å²) in [6.07, 6.45) is 1.91. The minimum atomic E-state index is 0. The second-order valence-corrected chi connectivity index (χ2v) is 6.48. The summed E-state index contributed by atoms with van der Waals surface area (Å²) in [6, 6.07) is 27.0. The van der Waals surface area contributed by atoms with Crippen molar-refractivity contribution in [2.24, 2.45) is 0 Å². The molecule has 0 fully saturated rings. The lowest BCUT2D eigenvalue weighted by Gasteiger charge is -2.13. The smallest absolute Gasteiger partial charge is 0.161 e. The highest BCUT2D eigenvalue weighted by atomic mass is 35.5. The molecule has 0 heterocycles. The Balaban J connectivity index is 0.00000280. The fraction of sp³-hybridized carbons (Fsp3) is 0.250. The Kier molecular flexibility index (Phi) is 9.40. The molecule has 148 valence electrons. The van der Waals surface area contributed by atoms with E-state index in [9.17, 15) is 0 Å². The summed E-state index contributed by atoms with van der Waals surface area (Å²) in [5.74, 6) is 1.58. The van der Waals surface area contributed by atoms with E-state index in [1.54, 1.807) is 7.11 Å². The van der Waals surface area contributed by atoms with Crippen LogP contribution in [0.15, 0.2) is 78.9 Å². The summed E-state index contributed by atoms with van der Waals surface area (Å²) < 4.78 is 11.4. The van der Waals surface area contributed by atoms with Crippen molar-refractivity contribution in [3.05, 3.63) is 95.6 Å². The quantitative estimate of drug-likeness (QED) is 0.484. The van der Waals surface area contributed by atoms with Crippen molar-refractivity contribution in [1.29, 1.82) is 0 Å². The molecule has 3 aromatic rings. The lowest BCUT2D eigenvalue weighted by atomic mass is 10.1. The minimum absolute atomic E-state index is 0. The van der Waals surface area contributed by atoms with E-state index in [2.05, 4.69) is 59.9 Å². The molecule has 0 amide bonds. The van der Waals surface area contributed by atoms with Crippen LogP contribution >= 0.6 is 12.4 Å². The van der Waals surface area contributed by atoms with Crippen LogP contribution in [0.5, 0.6) is 11.5 Å².